The number of hydrogen-bond donors (Lipinski definition) is 3. The zero-order valence-corrected chi connectivity index (χ0v) is 16.6. The fourth-order valence-electron chi connectivity index (χ4n) is 4.46. The predicted octanol–water partition coefficient (Wildman–Crippen LogP) is 3.80. The second-order valence-corrected chi connectivity index (χ2v) is 8.39. The highest BCUT2D eigenvalue weighted by Crippen LogP contribution is 2.49. The first-order valence-electron chi connectivity index (χ1n) is 9.48. The van der Waals surface area contributed by atoms with E-state index in [0.717, 1.165) is 16.9 Å². The van der Waals surface area contributed by atoms with Gasteiger partial charge in [0.2, 0.25) is 0 Å². The van der Waals surface area contributed by atoms with Crippen molar-refractivity contribution in [3.05, 3.63) is 53.1 Å². The van der Waals surface area contributed by atoms with Gasteiger partial charge in [-0.05, 0) is 44.5 Å². The molecule has 2 aromatic rings. The molecule has 3 N–H and O–H groups in total. The first-order valence-corrected chi connectivity index (χ1v) is 9.48. The standard InChI is InChI=1S/C22H26N2O4/c1-13-18(25)10-9-16-17(14-5-7-15(27-4)8-6-14)11-22(28-19(13)16)12-21(2,3)23-20(26)24-22/h5-10,17,25H,11-12H2,1-4H3,(H2,23,24,26)/t17-,22+/m0/s1. The first-order chi connectivity index (χ1) is 13.2. The van der Waals surface area contributed by atoms with Crippen molar-refractivity contribution in [2.24, 2.45) is 0 Å². The van der Waals surface area contributed by atoms with E-state index >= 15 is 0 Å². The minimum Gasteiger partial charge on any atom is -0.508 e. The summed E-state index contributed by atoms with van der Waals surface area (Å²) in [6.45, 7) is 5.82. The van der Waals surface area contributed by atoms with Gasteiger partial charge in [0.1, 0.15) is 17.2 Å². The number of hydrogen-bond acceptors (Lipinski definition) is 4. The molecule has 4 rings (SSSR count). The van der Waals surface area contributed by atoms with Gasteiger partial charge < -0.3 is 25.2 Å². The number of carbonyl (C=O) groups is 1. The fourth-order valence-corrected chi connectivity index (χ4v) is 4.46. The van der Waals surface area contributed by atoms with Crippen LogP contribution in [0.4, 0.5) is 4.79 Å². The van der Waals surface area contributed by atoms with Crippen molar-refractivity contribution in [1.82, 2.24) is 10.6 Å². The van der Waals surface area contributed by atoms with Crippen molar-refractivity contribution >= 4 is 6.03 Å². The van der Waals surface area contributed by atoms with Crippen molar-refractivity contribution in [2.45, 2.75) is 50.8 Å². The molecule has 2 amide bonds. The van der Waals surface area contributed by atoms with Gasteiger partial charge in [0.05, 0.1) is 7.11 Å². The van der Waals surface area contributed by atoms with Crippen LogP contribution in [0.5, 0.6) is 17.2 Å². The van der Waals surface area contributed by atoms with Crippen LogP contribution < -0.4 is 20.1 Å². The maximum atomic E-state index is 12.4. The van der Waals surface area contributed by atoms with Crippen molar-refractivity contribution in [2.75, 3.05) is 7.11 Å². The van der Waals surface area contributed by atoms with Gasteiger partial charge in [-0.3, -0.25) is 0 Å². The van der Waals surface area contributed by atoms with Crippen LogP contribution >= 0.6 is 0 Å². The summed E-state index contributed by atoms with van der Waals surface area (Å²) < 4.78 is 11.7. The summed E-state index contributed by atoms with van der Waals surface area (Å²) in [5.74, 6) is 1.64. The molecule has 2 atom stereocenters. The van der Waals surface area contributed by atoms with Gasteiger partial charge in [-0.15, -0.1) is 0 Å². The fraction of sp³-hybridized carbons (Fsp3) is 0.409. The monoisotopic (exact) mass is 382 g/mol. The summed E-state index contributed by atoms with van der Waals surface area (Å²) in [7, 11) is 1.65. The van der Waals surface area contributed by atoms with Crippen LogP contribution in [0.2, 0.25) is 0 Å². The largest absolute Gasteiger partial charge is 0.508 e. The lowest BCUT2D eigenvalue weighted by atomic mass is 9.76. The van der Waals surface area contributed by atoms with Crippen molar-refractivity contribution in [3.63, 3.8) is 0 Å². The van der Waals surface area contributed by atoms with E-state index in [1.54, 1.807) is 13.2 Å². The van der Waals surface area contributed by atoms with Crippen molar-refractivity contribution in [3.8, 4) is 17.2 Å². The first kappa shape index (κ1) is 18.5. The van der Waals surface area contributed by atoms with Crippen LogP contribution in [0.15, 0.2) is 36.4 Å². The Morgan fingerprint density at radius 3 is 2.50 bits per heavy atom. The van der Waals surface area contributed by atoms with Crippen LogP contribution in [0.3, 0.4) is 0 Å². The molecule has 148 valence electrons. The van der Waals surface area contributed by atoms with Gasteiger partial charge in [-0.25, -0.2) is 4.79 Å². The molecule has 6 nitrogen and oxygen atoms in total. The maximum Gasteiger partial charge on any atom is 0.318 e. The number of nitrogens with one attached hydrogen (secondary N) is 2. The van der Waals surface area contributed by atoms with Crippen LogP contribution in [-0.2, 0) is 0 Å². The Morgan fingerprint density at radius 2 is 1.86 bits per heavy atom. The Kier molecular flexibility index (Phi) is 4.17. The van der Waals surface area contributed by atoms with Gasteiger partial charge >= 0.3 is 6.03 Å². The van der Waals surface area contributed by atoms with Crippen LogP contribution in [-0.4, -0.2) is 29.5 Å². The minimum absolute atomic E-state index is 0.0168. The lowest BCUT2D eigenvalue weighted by molar-refractivity contribution is -0.0241. The summed E-state index contributed by atoms with van der Waals surface area (Å²) in [4.78, 5) is 12.4. The molecule has 1 saturated heterocycles. The Labute approximate surface area is 164 Å². The zero-order chi connectivity index (χ0) is 20.1. The molecule has 0 radical (unpaired) electrons. The number of phenols is 1. The summed E-state index contributed by atoms with van der Waals surface area (Å²) >= 11 is 0. The molecule has 1 spiro atoms. The predicted molar refractivity (Wildman–Crippen MR) is 106 cm³/mol. The number of phenolic OH excluding ortho intramolecular Hbond substituents is 1. The highest BCUT2D eigenvalue weighted by molar-refractivity contribution is 5.77. The number of amides is 2. The van der Waals surface area contributed by atoms with Crippen molar-refractivity contribution < 1.29 is 19.4 Å². The molecule has 28 heavy (non-hydrogen) atoms. The molecule has 0 saturated carbocycles. The molecule has 0 unspecified atom stereocenters. The summed E-state index contributed by atoms with van der Waals surface area (Å²) in [6.07, 6.45) is 1.21. The zero-order valence-electron chi connectivity index (χ0n) is 16.6. The smallest absolute Gasteiger partial charge is 0.318 e. The van der Waals surface area contributed by atoms with E-state index in [1.165, 1.54) is 0 Å². The third-order valence-corrected chi connectivity index (χ3v) is 5.65. The molecule has 2 aliphatic heterocycles. The molecule has 0 bridgehead atoms. The second kappa shape index (κ2) is 6.33. The molecule has 0 aliphatic carbocycles. The SMILES string of the molecule is COc1ccc([C@@H]2C[C@]3(CC(C)(C)NC(=O)N3)Oc3c2ccc(O)c3C)cc1. The Morgan fingerprint density at radius 1 is 1.14 bits per heavy atom. The quantitative estimate of drug-likeness (QED) is 0.738. The van der Waals surface area contributed by atoms with Crippen LogP contribution in [0.1, 0.15) is 49.3 Å². The molecule has 6 heteroatoms. The van der Waals surface area contributed by atoms with Gasteiger partial charge in [0.25, 0.3) is 0 Å². The lowest BCUT2D eigenvalue weighted by Gasteiger charge is -2.49. The molecule has 1 fully saturated rings. The van der Waals surface area contributed by atoms with Gasteiger partial charge in [0.15, 0.2) is 5.72 Å². The summed E-state index contributed by atoms with van der Waals surface area (Å²) in [5.41, 5.74) is 1.55. The number of rotatable bonds is 2. The normalized spacial score (nSPS) is 25.3. The number of ether oxygens (including phenoxy) is 2. The van der Waals surface area contributed by atoms with E-state index in [2.05, 4.69) is 10.6 Å². The van der Waals surface area contributed by atoms with Crippen molar-refractivity contribution in [1.29, 1.82) is 0 Å². The van der Waals surface area contributed by atoms with E-state index in [4.69, 9.17) is 9.47 Å². The Balaban J connectivity index is 1.83. The van der Waals surface area contributed by atoms with E-state index < -0.39 is 11.3 Å². The number of fused-ring (bicyclic) bond motifs is 1. The van der Waals surface area contributed by atoms with Gasteiger partial charge in [-0.2, -0.15) is 0 Å². The third-order valence-electron chi connectivity index (χ3n) is 5.65. The van der Waals surface area contributed by atoms with Crippen LogP contribution in [0, 0.1) is 6.92 Å². The lowest BCUT2D eigenvalue weighted by Crippen LogP contribution is -2.69. The topological polar surface area (TPSA) is 79.8 Å². The Hall–Kier alpha value is -2.89. The number of benzene rings is 2. The van der Waals surface area contributed by atoms with Gasteiger partial charge in [0, 0.05) is 35.4 Å². The molecular formula is C22H26N2O4. The highest BCUT2D eigenvalue weighted by Gasteiger charge is 2.50. The number of aromatic hydroxyl groups is 1. The second-order valence-electron chi connectivity index (χ2n) is 8.39. The number of methoxy groups -OCH3 is 1. The highest BCUT2D eigenvalue weighted by atomic mass is 16.5. The van der Waals surface area contributed by atoms with E-state index in [1.807, 2.05) is 51.1 Å². The molecular weight excluding hydrogens is 356 g/mol. The minimum atomic E-state index is -0.845. The Bertz CT molecular complexity index is 923. The summed E-state index contributed by atoms with van der Waals surface area (Å²) in [5, 5.41) is 16.2. The number of urea groups is 1. The molecule has 2 heterocycles. The molecule has 2 aromatic carbocycles. The maximum absolute atomic E-state index is 12.4. The van der Waals surface area contributed by atoms with Gasteiger partial charge in [-0.1, -0.05) is 18.2 Å². The van der Waals surface area contributed by atoms with E-state index in [0.29, 0.717) is 24.2 Å². The average Bonchev–Trinajstić information content (AvgIpc) is 2.63. The molecule has 0 aromatic heterocycles. The number of carbonyl (C=O) groups excluding carboxylic acids is 1. The van der Waals surface area contributed by atoms with E-state index in [9.17, 15) is 9.90 Å². The van der Waals surface area contributed by atoms with Crippen LogP contribution in [0.25, 0.3) is 0 Å². The third kappa shape index (κ3) is 3.13. The summed E-state index contributed by atoms with van der Waals surface area (Å²) in [6, 6.07) is 11.3. The average molecular weight is 382 g/mol. The van der Waals surface area contributed by atoms with E-state index in [-0.39, 0.29) is 17.7 Å². The molecule has 2 aliphatic rings.